The van der Waals surface area contributed by atoms with Crippen LogP contribution in [0.5, 0.6) is 5.75 Å². The smallest absolute Gasteiger partial charge is 0.247 e. The van der Waals surface area contributed by atoms with Crippen LogP contribution in [0.15, 0.2) is 41.8 Å². The Labute approximate surface area is 200 Å². The number of likely N-dealkylation sites (N-methyl/N-ethyl adjacent to an activating group) is 1. The predicted molar refractivity (Wildman–Crippen MR) is 126 cm³/mol. The molecule has 2 aromatic rings. The molecule has 0 bridgehead atoms. The molecule has 1 aromatic heterocycles. The van der Waals surface area contributed by atoms with Crippen LogP contribution in [-0.4, -0.2) is 77.5 Å². The molecule has 1 amide bonds. The van der Waals surface area contributed by atoms with Gasteiger partial charge in [0, 0.05) is 49.4 Å². The number of carbonyl (C=O) groups excluding carboxylic acids is 1. The summed E-state index contributed by atoms with van der Waals surface area (Å²) in [6.45, 7) is 3.82. The minimum Gasteiger partial charge on any atom is -0.487 e. The predicted octanol–water partition coefficient (Wildman–Crippen LogP) is 2.17. The number of carbonyl (C=O) groups is 1. The lowest BCUT2D eigenvalue weighted by Crippen LogP contribution is -2.50. The van der Waals surface area contributed by atoms with Crippen molar-refractivity contribution in [3.05, 3.63) is 36.9 Å². The maximum absolute atomic E-state index is 13.6. The first-order chi connectivity index (χ1) is 16.2. The quantitative estimate of drug-likeness (QED) is 0.663. The number of benzene rings is 1. The average molecular weight is 489 g/mol. The van der Waals surface area contributed by atoms with Gasteiger partial charge in [0.05, 0.1) is 13.2 Å². The first-order valence-corrected chi connectivity index (χ1v) is 13.1. The van der Waals surface area contributed by atoms with Gasteiger partial charge < -0.3 is 14.7 Å². The number of amides is 1. The Morgan fingerprint density at radius 1 is 1.26 bits per heavy atom. The lowest BCUT2D eigenvalue weighted by molar-refractivity contribution is -0.138. The number of hydrogen-bond donors (Lipinski definition) is 1. The van der Waals surface area contributed by atoms with Crippen molar-refractivity contribution in [3.63, 3.8) is 0 Å². The van der Waals surface area contributed by atoms with Crippen LogP contribution in [-0.2, 0) is 14.8 Å². The second-order valence-corrected chi connectivity index (χ2v) is 11.2. The molecule has 9 nitrogen and oxygen atoms in total. The summed E-state index contributed by atoms with van der Waals surface area (Å²) in [5.41, 5.74) is 1.46. The van der Waals surface area contributed by atoms with Crippen molar-refractivity contribution in [3.8, 4) is 16.9 Å². The molecule has 2 heterocycles. The van der Waals surface area contributed by atoms with Crippen molar-refractivity contribution in [2.45, 2.75) is 50.2 Å². The number of aliphatic hydroxyl groups excluding tert-OH is 1. The number of aliphatic hydroxyl groups is 1. The van der Waals surface area contributed by atoms with Gasteiger partial charge in [0.2, 0.25) is 15.9 Å². The van der Waals surface area contributed by atoms with Crippen LogP contribution in [0.2, 0.25) is 0 Å². The van der Waals surface area contributed by atoms with Crippen LogP contribution >= 0.6 is 0 Å². The second kappa shape index (κ2) is 9.97. The van der Waals surface area contributed by atoms with Gasteiger partial charge in [0.1, 0.15) is 23.1 Å². The first kappa shape index (κ1) is 24.6. The Morgan fingerprint density at radius 2 is 1.97 bits per heavy atom. The Bertz CT molecular complexity index is 1120. The van der Waals surface area contributed by atoms with Gasteiger partial charge in [0.15, 0.2) is 0 Å². The molecule has 1 saturated carbocycles. The van der Waals surface area contributed by atoms with Gasteiger partial charge in [-0.25, -0.2) is 18.4 Å². The Morgan fingerprint density at radius 3 is 2.59 bits per heavy atom. The summed E-state index contributed by atoms with van der Waals surface area (Å²) in [5.74, 6) is 0.166. The maximum atomic E-state index is 13.6. The monoisotopic (exact) mass is 488 g/mol. The fraction of sp³-hybridized carbons (Fsp3) is 0.542. The maximum Gasteiger partial charge on any atom is 0.247 e. The van der Waals surface area contributed by atoms with E-state index in [-0.39, 0.29) is 41.5 Å². The van der Waals surface area contributed by atoms with Gasteiger partial charge in [-0.1, -0.05) is 19.4 Å². The summed E-state index contributed by atoms with van der Waals surface area (Å²) < 4.78 is 34.9. The van der Waals surface area contributed by atoms with Crippen LogP contribution in [0.1, 0.15) is 33.1 Å². The van der Waals surface area contributed by atoms with Gasteiger partial charge >= 0.3 is 0 Å². The number of ether oxygens (including phenoxy) is 1. The van der Waals surface area contributed by atoms with E-state index in [4.69, 9.17) is 4.74 Å². The molecule has 0 unspecified atom stereocenters. The Hall–Kier alpha value is -2.56. The molecular formula is C24H32N4O5S. The molecule has 1 fully saturated rings. The SMILES string of the molecule is C[C@H]1CN([C@@H](C)CO)S(=O)(=O)c2ccc(-c3cncnc3)cc2O[C@H]1CN(C)C(=O)C1CCC1. The summed E-state index contributed by atoms with van der Waals surface area (Å²) in [6.07, 6.45) is 7.20. The van der Waals surface area contributed by atoms with Gasteiger partial charge in [-0.2, -0.15) is 4.31 Å². The van der Waals surface area contributed by atoms with E-state index in [1.165, 1.54) is 16.7 Å². The zero-order valence-corrected chi connectivity index (χ0v) is 20.6. The molecule has 1 aliphatic heterocycles. The third kappa shape index (κ3) is 4.80. The van der Waals surface area contributed by atoms with Gasteiger partial charge in [0.25, 0.3) is 0 Å². The van der Waals surface area contributed by atoms with Crippen LogP contribution in [0.4, 0.5) is 0 Å². The number of hydrogen-bond acceptors (Lipinski definition) is 7. The minimum absolute atomic E-state index is 0.0401. The molecular weight excluding hydrogens is 456 g/mol. The van der Waals surface area contributed by atoms with Crippen LogP contribution < -0.4 is 4.74 Å². The summed E-state index contributed by atoms with van der Waals surface area (Å²) in [4.78, 5) is 22.6. The van der Waals surface area contributed by atoms with E-state index in [1.54, 1.807) is 43.4 Å². The molecule has 10 heteroatoms. The van der Waals surface area contributed by atoms with E-state index in [2.05, 4.69) is 9.97 Å². The highest BCUT2D eigenvalue weighted by molar-refractivity contribution is 7.89. The third-order valence-electron chi connectivity index (χ3n) is 6.85. The molecule has 4 rings (SSSR count). The fourth-order valence-electron chi connectivity index (χ4n) is 4.40. The highest BCUT2D eigenvalue weighted by Crippen LogP contribution is 2.36. The van der Waals surface area contributed by atoms with Crippen molar-refractivity contribution >= 4 is 15.9 Å². The van der Waals surface area contributed by atoms with Crippen LogP contribution in [0.3, 0.4) is 0 Å². The van der Waals surface area contributed by atoms with E-state index in [1.807, 2.05) is 6.92 Å². The van der Waals surface area contributed by atoms with E-state index < -0.39 is 22.2 Å². The number of fused-ring (bicyclic) bond motifs is 1. The van der Waals surface area contributed by atoms with Crippen molar-refractivity contribution in [1.29, 1.82) is 0 Å². The van der Waals surface area contributed by atoms with Crippen molar-refractivity contribution in [1.82, 2.24) is 19.2 Å². The van der Waals surface area contributed by atoms with Crippen molar-refractivity contribution in [2.75, 3.05) is 26.7 Å². The third-order valence-corrected chi connectivity index (χ3v) is 8.86. The highest BCUT2D eigenvalue weighted by Gasteiger charge is 2.39. The summed E-state index contributed by atoms with van der Waals surface area (Å²) in [6, 6.07) is 4.31. The van der Waals surface area contributed by atoms with E-state index in [0.29, 0.717) is 6.54 Å². The lowest BCUT2D eigenvalue weighted by atomic mass is 9.84. The minimum atomic E-state index is -3.93. The topological polar surface area (TPSA) is 113 Å². The molecule has 2 aliphatic rings. The van der Waals surface area contributed by atoms with Gasteiger partial charge in [-0.05, 0) is 37.5 Å². The molecule has 0 radical (unpaired) electrons. The summed E-state index contributed by atoms with van der Waals surface area (Å²) in [7, 11) is -2.15. The number of rotatable bonds is 6. The lowest BCUT2D eigenvalue weighted by Gasteiger charge is -2.38. The fourth-order valence-corrected chi connectivity index (χ4v) is 6.22. The van der Waals surface area contributed by atoms with Crippen molar-refractivity contribution in [2.24, 2.45) is 11.8 Å². The van der Waals surface area contributed by atoms with E-state index in [0.717, 1.165) is 30.4 Å². The Kier molecular flexibility index (Phi) is 7.20. The molecule has 184 valence electrons. The van der Waals surface area contributed by atoms with Crippen molar-refractivity contribution < 1.29 is 23.1 Å². The van der Waals surface area contributed by atoms with Gasteiger partial charge in [-0.15, -0.1) is 0 Å². The number of aromatic nitrogens is 2. The zero-order chi connectivity index (χ0) is 24.5. The second-order valence-electron chi connectivity index (χ2n) is 9.38. The Balaban J connectivity index is 1.74. The molecule has 1 aliphatic carbocycles. The average Bonchev–Trinajstić information content (AvgIpc) is 2.79. The highest BCUT2D eigenvalue weighted by atomic mass is 32.2. The van der Waals surface area contributed by atoms with E-state index in [9.17, 15) is 18.3 Å². The van der Waals surface area contributed by atoms with Crippen LogP contribution in [0.25, 0.3) is 11.1 Å². The normalized spacial score (nSPS) is 23.5. The molecule has 3 atom stereocenters. The standard InChI is InChI=1S/C24H32N4O5S/c1-16-12-28(17(2)14-29)34(31,32)23-8-7-19(20-10-25-15-26-11-20)9-21(23)33-22(16)13-27(3)24(30)18-5-4-6-18/h7-11,15-18,22,29H,4-6,12-14H2,1-3H3/t16-,17-,22-/m0/s1. The molecule has 0 saturated heterocycles. The molecule has 1 N–H and O–H groups in total. The van der Waals surface area contributed by atoms with Crippen LogP contribution in [0, 0.1) is 11.8 Å². The molecule has 1 aromatic carbocycles. The summed E-state index contributed by atoms with van der Waals surface area (Å²) in [5, 5.41) is 9.78. The van der Waals surface area contributed by atoms with E-state index >= 15 is 0 Å². The first-order valence-electron chi connectivity index (χ1n) is 11.7. The number of sulfonamides is 1. The molecule has 0 spiro atoms. The zero-order valence-electron chi connectivity index (χ0n) is 19.8. The van der Waals surface area contributed by atoms with Gasteiger partial charge in [-0.3, -0.25) is 4.79 Å². The molecule has 34 heavy (non-hydrogen) atoms. The number of nitrogens with zero attached hydrogens (tertiary/aromatic N) is 4. The largest absolute Gasteiger partial charge is 0.487 e. The summed E-state index contributed by atoms with van der Waals surface area (Å²) >= 11 is 0.